The third-order valence-corrected chi connectivity index (χ3v) is 4.46. The Labute approximate surface area is 133 Å². The molecule has 1 N–H and O–H groups in total. The van der Waals surface area contributed by atoms with Gasteiger partial charge in [0.05, 0.1) is 10.6 Å². The molecule has 5 heteroatoms. The first-order valence-electron chi connectivity index (χ1n) is 7.08. The van der Waals surface area contributed by atoms with Gasteiger partial charge in [0.1, 0.15) is 0 Å². The molecule has 110 valence electrons. The monoisotopic (exact) mass is 358 g/mol. The topological polar surface area (TPSA) is 32.3 Å². The van der Waals surface area contributed by atoms with Gasteiger partial charge >= 0.3 is 0 Å². The second-order valence-corrected chi connectivity index (χ2v) is 6.54. The van der Waals surface area contributed by atoms with E-state index in [1.165, 1.54) is 6.42 Å². The summed E-state index contributed by atoms with van der Waals surface area (Å²) in [7, 11) is 0. The first kappa shape index (κ1) is 15.8. The lowest BCUT2D eigenvalue weighted by molar-refractivity contribution is 0.0911. The van der Waals surface area contributed by atoms with E-state index in [0.29, 0.717) is 10.6 Å². The van der Waals surface area contributed by atoms with Gasteiger partial charge in [-0.2, -0.15) is 0 Å². The summed E-state index contributed by atoms with van der Waals surface area (Å²) in [6.07, 6.45) is 3.21. The fourth-order valence-electron chi connectivity index (χ4n) is 2.55. The molecule has 1 fully saturated rings. The van der Waals surface area contributed by atoms with Gasteiger partial charge in [0.25, 0.3) is 5.91 Å². The highest BCUT2D eigenvalue weighted by Crippen LogP contribution is 2.21. The van der Waals surface area contributed by atoms with Crippen molar-refractivity contribution in [3.8, 4) is 0 Å². The van der Waals surface area contributed by atoms with Crippen LogP contribution in [0.2, 0.25) is 5.02 Å². The number of likely N-dealkylation sites (tertiary alicyclic amines) is 1. The number of nitrogens with one attached hydrogen (secondary N) is 1. The zero-order valence-electron chi connectivity index (χ0n) is 11.7. The molecule has 0 atom stereocenters. The summed E-state index contributed by atoms with van der Waals surface area (Å²) in [6, 6.07) is 5.60. The number of halogens is 2. The van der Waals surface area contributed by atoms with Crippen LogP contribution in [0.15, 0.2) is 22.7 Å². The van der Waals surface area contributed by atoms with Gasteiger partial charge in [-0.3, -0.25) is 4.79 Å². The summed E-state index contributed by atoms with van der Waals surface area (Å²) >= 11 is 9.45. The molecule has 3 nitrogen and oxygen atoms in total. The summed E-state index contributed by atoms with van der Waals surface area (Å²) in [6.45, 7) is 5.47. The Hall–Kier alpha value is -0.580. The lowest BCUT2D eigenvalue weighted by Gasteiger charge is -2.32. The van der Waals surface area contributed by atoms with Crippen molar-refractivity contribution in [3.05, 3.63) is 33.3 Å². The molecule has 0 aromatic heterocycles. The molecule has 1 aromatic carbocycles. The normalized spacial score (nSPS) is 17.1. The highest BCUT2D eigenvalue weighted by Gasteiger charge is 2.21. The second kappa shape index (κ2) is 7.43. The van der Waals surface area contributed by atoms with Crippen molar-refractivity contribution in [3.63, 3.8) is 0 Å². The van der Waals surface area contributed by atoms with E-state index in [2.05, 4.69) is 33.1 Å². The molecular weight excluding hydrogens is 340 g/mol. The predicted octanol–water partition coefficient (Wildman–Crippen LogP) is 3.71. The van der Waals surface area contributed by atoms with Crippen LogP contribution in [0, 0.1) is 0 Å². The third kappa shape index (κ3) is 4.21. The quantitative estimate of drug-likeness (QED) is 0.889. The van der Waals surface area contributed by atoms with Gasteiger partial charge < -0.3 is 10.2 Å². The van der Waals surface area contributed by atoms with Crippen LogP contribution in [0.1, 0.15) is 36.5 Å². The van der Waals surface area contributed by atoms with E-state index in [0.717, 1.165) is 36.9 Å². The number of piperidine rings is 1. The van der Waals surface area contributed by atoms with Crippen LogP contribution in [0.25, 0.3) is 0 Å². The highest BCUT2D eigenvalue weighted by atomic mass is 79.9. The molecule has 0 bridgehead atoms. The first-order chi connectivity index (χ1) is 9.60. The molecule has 1 aromatic rings. The molecule has 0 spiro atoms. The number of amides is 1. The lowest BCUT2D eigenvalue weighted by Crippen LogP contribution is -2.44. The molecule has 1 saturated heterocycles. The smallest absolute Gasteiger partial charge is 0.253 e. The summed E-state index contributed by atoms with van der Waals surface area (Å²) in [5.41, 5.74) is 0.539. The molecule has 0 saturated carbocycles. The fourth-order valence-corrected chi connectivity index (χ4v) is 3.12. The van der Waals surface area contributed by atoms with Crippen molar-refractivity contribution in [1.82, 2.24) is 10.2 Å². The van der Waals surface area contributed by atoms with Crippen molar-refractivity contribution in [2.75, 3.05) is 19.6 Å². The second-order valence-electron chi connectivity index (χ2n) is 5.21. The maximum atomic E-state index is 12.3. The SMILES string of the molecule is CCCN1CCC(NC(=O)c2cc(Br)ccc2Cl)CC1. The van der Waals surface area contributed by atoms with E-state index >= 15 is 0 Å². The fraction of sp³-hybridized carbons (Fsp3) is 0.533. The Morgan fingerprint density at radius 3 is 2.80 bits per heavy atom. The number of hydrogen-bond acceptors (Lipinski definition) is 2. The number of carbonyl (C=O) groups excluding carboxylic acids is 1. The Kier molecular flexibility index (Phi) is 5.87. The third-order valence-electron chi connectivity index (χ3n) is 3.64. The molecular formula is C15H20BrClN2O. The zero-order valence-corrected chi connectivity index (χ0v) is 14.0. The Morgan fingerprint density at radius 1 is 1.45 bits per heavy atom. The molecule has 0 radical (unpaired) electrons. The standard InChI is InChI=1S/C15H20BrClN2O/c1-2-7-19-8-5-12(6-9-19)18-15(20)13-10-11(16)3-4-14(13)17/h3-4,10,12H,2,5-9H2,1H3,(H,18,20). The van der Waals surface area contributed by atoms with E-state index in [1.54, 1.807) is 12.1 Å². The minimum atomic E-state index is -0.0785. The van der Waals surface area contributed by atoms with Crippen LogP contribution in [0.5, 0.6) is 0 Å². The summed E-state index contributed by atoms with van der Waals surface area (Å²) < 4.78 is 0.866. The number of carbonyl (C=O) groups is 1. The lowest BCUT2D eigenvalue weighted by atomic mass is 10.0. The molecule has 0 aliphatic carbocycles. The first-order valence-corrected chi connectivity index (χ1v) is 8.25. The predicted molar refractivity (Wildman–Crippen MR) is 86.4 cm³/mol. The average Bonchev–Trinajstić information content (AvgIpc) is 2.44. The maximum Gasteiger partial charge on any atom is 0.253 e. The van der Waals surface area contributed by atoms with Crippen molar-refractivity contribution < 1.29 is 4.79 Å². The van der Waals surface area contributed by atoms with Crippen LogP contribution in [-0.4, -0.2) is 36.5 Å². The van der Waals surface area contributed by atoms with Crippen molar-refractivity contribution >= 4 is 33.4 Å². The Bertz CT molecular complexity index is 473. The van der Waals surface area contributed by atoms with Gasteiger partial charge in [-0.25, -0.2) is 0 Å². The maximum absolute atomic E-state index is 12.3. The highest BCUT2D eigenvalue weighted by molar-refractivity contribution is 9.10. The number of benzene rings is 1. The van der Waals surface area contributed by atoms with Gasteiger partial charge in [-0.15, -0.1) is 0 Å². The summed E-state index contributed by atoms with van der Waals surface area (Å²) in [4.78, 5) is 14.7. The largest absolute Gasteiger partial charge is 0.349 e. The molecule has 1 aliphatic heterocycles. The average molecular weight is 360 g/mol. The van der Waals surface area contributed by atoms with Crippen LogP contribution in [-0.2, 0) is 0 Å². The van der Waals surface area contributed by atoms with Gasteiger partial charge in [-0.1, -0.05) is 34.5 Å². The van der Waals surface area contributed by atoms with Crippen molar-refractivity contribution in [2.45, 2.75) is 32.2 Å². The van der Waals surface area contributed by atoms with Crippen molar-refractivity contribution in [1.29, 1.82) is 0 Å². The molecule has 1 heterocycles. The van der Waals surface area contributed by atoms with E-state index in [9.17, 15) is 4.79 Å². The molecule has 2 rings (SSSR count). The van der Waals surface area contributed by atoms with E-state index < -0.39 is 0 Å². The van der Waals surface area contributed by atoms with Gasteiger partial charge in [-0.05, 0) is 44.0 Å². The minimum absolute atomic E-state index is 0.0785. The van der Waals surface area contributed by atoms with Crippen LogP contribution in [0.4, 0.5) is 0 Å². The minimum Gasteiger partial charge on any atom is -0.349 e. The van der Waals surface area contributed by atoms with Gasteiger partial charge in [0.2, 0.25) is 0 Å². The van der Waals surface area contributed by atoms with Crippen molar-refractivity contribution in [2.24, 2.45) is 0 Å². The summed E-state index contributed by atoms with van der Waals surface area (Å²) in [5, 5.41) is 3.59. The summed E-state index contributed by atoms with van der Waals surface area (Å²) in [5.74, 6) is -0.0785. The van der Waals surface area contributed by atoms with Gasteiger partial charge in [0, 0.05) is 23.6 Å². The molecule has 1 amide bonds. The Morgan fingerprint density at radius 2 is 2.15 bits per heavy atom. The van der Waals surface area contributed by atoms with Crippen LogP contribution >= 0.6 is 27.5 Å². The number of hydrogen-bond donors (Lipinski definition) is 1. The number of nitrogens with zero attached hydrogens (tertiary/aromatic N) is 1. The molecule has 20 heavy (non-hydrogen) atoms. The Balaban J connectivity index is 1.91. The molecule has 1 aliphatic rings. The van der Waals surface area contributed by atoms with E-state index in [1.807, 2.05) is 6.07 Å². The van der Waals surface area contributed by atoms with E-state index in [4.69, 9.17) is 11.6 Å². The van der Waals surface area contributed by atoms with Crippen LogP contribution in [0.3, 0.4) is 0 Å². The van der Waals surface area contributed by atoms with E-state index in [-0.39, 0.29) is 11.9 Å². The number of rotatable bonds is 4. The van der Waals surface area contributed by atoms with Crippen LogP contribution < -0.4 is 5.32 Å². The molecule has 0 unspecified atom stereocenters. The van der Waals surface area contributed by atoms with Gasteiger partial charge in [0.15, 0.2) is 0 Å². The zero-order chi connectivity index (χ0) is 14.5.